The van der Waals surface area contributed by atoms with Crippen molar-refractivity contribution in [3.63, 3.8) is 0 Å². The molecule has 0 amide bonds. The van der Waals surface area contributed by atoms with E-state index in [-0.39, 0.29) is 17.6 Å². The minimum atomic E-state index is -0.113. The molecule has 1 unspecified atom stereocenters. The van der Waals surface area contributed by atoms with Crippen molar-refractivity contribution in [3.8, 4) is 5.75 Å². The van der Waals surface area contributed by atoms with Crippen molar-refractivity contribution in [2.45, 2.75) is 25.8 Å². The van der Waals surface area contributed by atoms with Gasteiger partial charge in [0.05, 0.1) is 5.56 Å². The van der Waals surface area contributed by atoms with Crippen LogP contribution in [0, 0.1) is 0 Å². The molecule has 4 heteroatoms. The molecule has 1 saturated heterocycles. The molecular weight excluding hydrogens is 270 g/mol. The molecule has 2 N–H and O–H groups in total. The Bertz CT molecular complexity index is 425. The highest BCUT2D eigenvalue weighted by Gasteiger charge is 2.22. The van der Waals surface area contributed by atoms with Crippen LogP contribution in [0.15, 0.2) is 16.6 Å². The maximum atomic E-state index is 11.4. The number of phenolic OH excluding ortho intramolecular Hbond substituents is 1. The molecule has 1 aliphatic heterocycles. The fourth-order valence-electron chi connectivity index (χ4n) is 2.10. The number of rotatable bonds is 2. The number of carbonyl (C=O) groups is 1. The Morgan fingerprint density at radius 2 is 2.31 bits per heavy atom. The standard InChI is InChI=1S/C12H14BrNO2/c1-7(15)9-5-8(13)6-10(12(9)16)11-3-2-4-14-11/h5-6,11,14,16H,2-4H2,1H3. The van der Waals surface area contributed by atoms with Gasteiger partial charge < -0.3 is 10.4 Å². The summed E-state index contributed by atoms with van der Waals surface area (Å²) >= 11 is 3.37. The highest BCUT2D eigenvalue weighted by atomic mass is 79.9. The van der Waals surface area contributed by atoms with Crippen molar-refractivity contribution in [1.29, 1.82) is 0 Å². The van der Waals surface area contributed by atoms with Crippen LogP contribution in [0.5, 0.6) is 5.75 Å². The molecule has 2 rings (SSSR count). The number of halogens is 1. The second kappa shape index (κ2) is 4.55. The molecule has 1 aromatic rings. The topological polar surface area (TPSA) is 49.3 Å². The van der Waals surface area contributed by atoms with Crippen molar-refractivity contribution in [2.75, 3.05) is 6.54 Å². The highest BCUT2D eigenvalue weighted by molar-refractivity contribution is 9.10. The van der Waals surface area contributed by atoms with Gasteiger partial charge in [0.25, 0.3) is 0 Å². The van der Waals surface area contributed by atoms with Gasteiger partial charge in [0, 0.05) is 16.1 Å². The van der Waals surface area contributed by atoms with Crippen LogP contribution >= 0.6 is 15.9 Å². The van der Waals surface area contributed by atoms with Gasteiger partial charge in [-0.15, -0.1) is 0 Å². The summed E-state index contributed by atoms with van der Waals surface area (Å²) in [5.41, 5.74) is 1.20. The summed E-state index contributed by atoms with van der Waals surface area (Å²) in [6, 6.07) is 3.71. The Kier molecular flexibility index (Phi) is 3.30. The van der Waals surface area contributed by atoms with Crippen LogP contribution in [0.4, 0.5) is 0 Å². The molecule has 0 radical (unpaired) electrons. The zero-order valence-corrected chi connectivity index (χ0v) is 10.7. The molecule has 16 heavy (non-hydrogen) atoms. The number of ketones is 1. The largest absolute Gasteiger partial charge is 0.507 e. The third-order valence-corrected chi connectivity index (χ3v) is 3.38. The summed E-state index contributed by atoms with van der Waals surface area (Å²) in [5.74, 6) is 0.00754. The Labute approximate surface area is 103 Å². The highest BCUT2D eigenvalue weighted by Crippen LogP contribution is 2.35. The van der Waals surface area contributed by atoms with E-state index in [9.17, 15) is 9.90 Å². The number of nitrogens with one attached hydrogen (secondary N) is 1. The molecule has 3 nitrogen and oxygen atoms in total. The van der Waals surface area contributed by atoms with Crippen LogP contribution in [-0.4, -0.2) is 17.4 Å². The Balaban J connectivity index is 2.47. The molecule has 86 valence electrons. The molecule has 0 saturated carbocycles. The van der Waals surface area contributed by atoms with Gasteiger partial charge in [0.15, 0.2) is 5.78 Å². The molecule has 1 aliphatic rings. The van der Waals surface area contributed by atoms with E-state index in [1.807, 2.05) is 6.07 Å². The van der Waals surface area contributed by atoms with Gasteiger partial charge >= 0.3 is 0 Å². The monoisotopic (exact) mass is 283 g/mol. The number of benzene rings is 1. The molecule has 1 fully saturated rings. The zero-order valence-electron chi connectivity index (χ0n) is 9.09. The average Bonchev–Trinajstić information content (AvgIpc) is 2.73. The van der Waals surface area contributed by atoms with Gasteiger partial charge in [-0.1, -0.05) is 15.9 Å². The predicted octanol–water partition coefficient (Wildman–Crippen LogP) is 2.78. The van der Waals surface area contributed by atoms with E-state index in [1.54, 1.807) is 6.07 Å². The first-order valence-corrected chi connectivity index (χ1v) is 6.15. The smallest absolute Gasteiger partial charge is 0.163 e. The van der Waals surface area contributed by atoms with E-state index in [2.05, 4.69) is 21.2 Å². The average molecular weight is 284 g/mol. The second-order valence-corrected chi connectivity index (χ2v) is 5.01. The Morgan fingerprint density at radius 1 is 1.56 bits per heavy atom. The van der Waals surface area contributed by atoms with Gasteiger partial charge in [0.1, 0.15) is 5.75 Å². The minimum Gasteiger partial charge on any atom is -0.507 e. The van der Waals surface area contributed by atoms with E-state index < -0.39 is 0 Å². The first-order valence-electron chi connectivity index (χ1n) is 5.36. The number of hydrogen-bond acceptors (Lipinski definition) is 3. The van der Waals surface area contributed by atoms with Crippen LogP contribution in [0.2, 0.25) is 0 Å². The SMILES string of the molecule is CC(=O)c1cc(Br)cc(C2CCCN2)c1O. The quantitative estimate of drug-likeness (QED) is 0.821. The maximum Gasteiger partial charge on any atom is 0.163 e. The first kappa shape index (κ1) is 11.6. The fraction of sp³-hybridized carbons (Fsp3) is 0.417. The van der Waals surface area contributed by atoms with Crippen LogP contribution in [0.25, 0.3) is 0 Å². The van der Waals surface area contributed by atoms with Crippen molar-refractivity contribution >= 4 is 21.7 Å². The number of carbonyl (C=O) groups excluding carboxylic acids is 1. The normalized spacial score (nSPS) is 20.0. The third kappa shape index (κ3) is 2.13. The Hall–Kier alpha value is -0.870. The van der Waals surface area contributed by atoms with Gasteiger partial charge in [-0.3, -0.25) is 4.79 Å². The van der Waals surface area contributed by atoms with E-state index in [0.717, 1.165) is 29.4 Å². The van der Waals surface area contributed by atoms with E-state index in [0.29, 0.717) is 5.56 Å². The number of hydrogen-bond donors (Lipinski definition) is 2. The van der Waals surface area contributed by atoms with Gasteiger partial charge in [-0.05, 0) is 38.4 Å². The number of Topliss-reactive ketones (excluding diaryl/α,β-unsaturated/α-hetero) is 1. The summed E-state index contributed by atoms with van der Waals surface area (Å²) in [7, 11) is 0. The lowest BCUT2D eigenvalue weighted by atomic mass is 9.99. The molecule has 0 spiro atoms. The molecule has 0 bridgehead atoms. The predicted molar refractivity (Wildman–Crippen MR) is 65.8 cm³/mol. The molecule has 1 atom stereocenters. The van der Waals surface area contributed by atoms with E-state index >= 15 is 0 Å². The molecule has 0 aliphatic carbocycles. The molecule has 1 heterocycles. The van der Waals surface area contributed by atoms with Crippen LogP contribution in [0.3, 0.4) is 0 Å². The summed E-state index contributed by atoms with van der Waals surface area (Å²) in [5, 5.41) is 13.4. The van der Waals surface area contributed by atoms with Crippen LogP contribution < -0.4 is 5.32 Å². The molecule has 0 aromatic heterocycles. The van der Waals surface area contributed by atoms with Crippen molar-refractivity contribution in [3.05, 3.63) is 27.7 Å². The third-order valence-electron chi connectivity index (χ3n) is 2.92. The zero-order chi connectivity index (χ0) is 11.7. The summed E-state index contributed by atoms with van der Waals surface area (Å²) in [6.07, 6.45) is 2.10. The maximum absolute atomic E-state index is 11.4. The van der Waals surface area contributed by atoms with Gasteiger partial charge in [-0.25, -0.2) is 0 Å². The lowest BCUT2D eigenvalue weighted by Crippen LogP contribution is -2.13. The summed E-state index contributed by atoms with van der Waals surface area (Å²) in [6.45, 7) is 2.43. The van der Waals surface area contributed by atoms with Crippen molar-refractivity contribution < 1.29 is 9.90 Å². The first-order chi connectivity index (χ1) is 7.59. The van der Waals surface area contributed by atoms with Crippen LogP contribution in [0.1, 0.15) is 41.7 Å². The minimum absolute atomic E-state index is 0.113. The number of phenols is 1. The summed E-state index contributed by atoms with van der Waals surface area (Å²) < 4.78 is 0.833. The van der Waals surface area contributed by atoms with Crippen molar-refractivity contribution in [1.82, 2.24) is 5.32 Å². The lowest BCUT2D eigenvalue weighted by Gasteiger charge is -2.15. The fourth-order valence-corrected chi connectivity index (χ4v) is 2.58. The van der Waals surface area contributed by atoms with Crippen LogP contribution in [-0.2, 0) is 0 Å². The number of aromatic hydroxyl groups is 1. The Morgan fingerprint density at radius 3 is 2.88 bits per heavy atom. The lowest BCUT2D eigenvalue weighted by molar-refractivity contribution is 0.101. The van der Waals surface area contributed by atoms with E-state index in [4.69, 9.17) is 0 Å². The van der Waals surface area contributed by atoms with E-state index in [1.165, 1.54) is 6.92 Å². The second-order valence-electron chi connectivity index (χ2n) is 4.10. The van der Waals surface area contributed by atoms with Crippen molar-refractivity contribution in [2.24, 2.45) is 0 Å². The summed E-state index contributed by atoms with van der Waals surface area (Å²) in [4.78, 5) is 11.4. The van der Waals surface area contributed by atoms with Gasteiger partial charge in [0.2, 0.25) is 0 Å². The molecular formula is C12H14BrNO2. The van der Waals surface area contributed by atoms with Gasteiger partial charge in [-0.2, -0.15) is 0 Å². The molecule has 1 aromatic carbocycles.